The van der Waals surface area contributed by atoms with E-state index in [0.717, 1.165) is 72.1 Å². The summed E-state index contributed by atoms with van der Waals surface area (Å²) in [4.78, 5) is 9.47. The minimum Gasteiger partial charge on any atom is -0.456 e. The molecule has 6 N–H and O–H groups in total. The van der Waals surface area contributed by atoms with Crippen molar-refractivity contribution in [3.8, 4) is 0 Å². The zero-order valence-corrected chi connectivity index (χ0v) is 17.9. The fourth-order valence-corrected chi connectivity index (χ4v) is 5.03. The maximum Gasteiger partial charge on any atom is 0.227 e. The van der Waals surface area contributed by atoms with E-state index in [0.29, 0.717) is 0 Å². The molecule has 1 aromatic heterocycles. The summed E-state index contributed by atoms with van der Waals surface area (Å²) in [7, 11) is 0. The molecule has 0 atom stereocenters. The molecular weight excluding hydrogens is 416 g/mol. The van der Waals surface area contributed by atoms with Gasteiger partial charge in [0.1, 0.15) is 0 Å². The molecular formula is C24H24N8O. The van der Waals surface area contributed by atoms with Gasteiger partial charge in [0.25, 0.3) is 0 Å². The van der Waals surface area contributed by atoms with Crippen LogP contribution in [0.15, 0.2) is 75.1 Å². The Bertz CT molecular complexity index is 1160. The molecule has 166 valence electrons. The second-order valence-corrected chi connectivity index (χ2v) is 8.57. The number of hydrogen-bond acceptors (Lipinski definition) is 9. The van der Waals surface area contributed by atoms with E-state index >= 15 is 0 Å². The average Bonchev–Trinajstić information content (AvgIpc) is 3.68. The molecule has 4 aliphatic heterocycles. The first-order valence-electron chi connectivity index (χ1n) is 11.3. The molecule has 0 saturated carbocycles. The lowest BCUT2D eigenvalue weighted by molar-refractivity contribution is 0.405. The van der Waals surface area contributed by atoms with Crippen molar-refractivity contribution in [2.45, 2.75) is 11.3 Å². The van der Waals surface area contributed by atoms with Crippen LogP contribution in [-0.4, -0.2) is 37.9 Å². The van der Waals surface area contributed by atoms with Crippen LogP contribution in [0.2, 0.25) is 0 Å². The number of nitrogens with one attached hydrogen (secondary N) is 6. The number of para-hydroxylation sites is 4. The van der Waals surface area contributed by atoms with Gasteiger partial charge in [0.15, 0.2) is 23.2 Å². The van der Waals surface area contributed by atoms with E-state index in [9.17, 15) is 0 Å². The lowest BCUT2D eigenvalue weighted by atomic mass is 10.1. The van der Waals surface area contributed by atoms with Crippen LogP contribution < -0.4 is 31.9 Å². The van der Waals surface area contributed by atoms with Crippen molar-refractivity contribution in [2.24, 2.45) is 9.98 Å². The zero-order chi connectivity index (χ0) is 21.9. The van der Waals surface area contributed by atoms with Gasteiger partial charge in [0.05, 0.1) is 35.8 Å². The number of fused-ring (bicyclic) bond motifs is 2. The lowest BCUT2D eigenvalue weighted by Crippen LogP contribution is -2.52. The number of benzene rings is 2. The Morgan fingerprint density at radius 3 is 1.30 bits per heavy atom. The molecule has 0 unspecified atom stereocenters. The van der Waals surface area contributed by atoms with Crippen molar-refractivity contribution in [2.75, 3.05) is 47.4 Å². The van der Waals surface area contributed by atoms with Crippen LogP contribution in [0.3, 0.4) is 0 Å². The molecule has 0 fully saturated rings. The van der Waals surface area contributed by atoms with Gasteiger partial charge in [-0.3, -0.25) is 9.98 Å². The molecule has 2 aromatic carbocycles. The number of rotatable bonds is 4. The molecule has 0 amide bonds. The van der Waals surface area contributed by atoms with E-state index in [1.54, 1.807) is 0 Å². The molecule has 9 heteroatoms. The molecule has 5 heterocycles. The van der Waals surface area contributed by atoms with Gasteiger partial charge in [-0.15, -0.1) is 0 Å². The topological polar surface area (TPSA) is 110 Å². The first-order valence-corrected chi connectivity index (χ1v) is 11.3. The standard InChI is InChI=1S/C24H24N8O/c1-2-6-16-15(5-1)29-23(30-16,21-25-11-12-26-21)19-9-10-20(33-19)24(22-27-13-14-28-22)31-17-7-3-4-8-18(17)32-24/h1-10,29-32H,11-14H2,(H,25,26)(H,27,28). The Kier molecular flexibility index (Phi) is 3.73. The fourth-order valence-electron chi connectivity index (χ4n) is 5.03. The van der Waals surface area contributed by atoms with Crippen molar-refractivity contribution in [3.05, 3.63) is 72.2 Å². The lowest BCUT2D eigenvalue weighted by Gasteiger charge is -2.31. The summed E-state index contributed by atoms with van der Waals surface area (Å²) in [5.74, 6) is 3.08. The van der Waals surface area contributed by atoms with E-state index in [2.05, 4.69) is 56.2 Å². The second kappa shape index (κ2) is 6.68. The summed E-state index contributed by atoms with van der Waals surface area (Å²) in [6.07, 6.45) is 0. The van der Waals surface area contributed by atoms with Crippen LogP contribution >= 0.6 is 0 Å². The largest absolute Gasteiger partial charge is 0.456 e. The van der Waals surface area contributed by atoms with Crippen LogP contribution in [0.5, 0.6) is 0 Å². The highest BCUT2D eigenvalue weighted by atomic mass is 16.3. The molecule has 0 radical (unpaired) electrons. The number of aliphatic imine (C=N–C) groups is 2. The molecule has 0 spiro atoms. The van der Waals surface area contributed by atoms with Crippen LogP contribution in [-0.2, 0) is 11.3 Å². The number of furan rings is 1. The zero-order valence-electron chi connectivity index (χ0n) is 17.9. The predicted molar refractivity (Wildman–Crippen MR) is 130 cm³/mol. The summed E-state index contributed by atoms with van der Waals surface area (Å²) in [6, 6.07) is 20.3. The highest BCUT2D eigenvalue weighted by molar-refractivity contribution is 6.03. The van der Waals surface area contributed by atoms with E-state index < -0.39 is 11.3 Å². The summed E-state index contributed by atoms with van der Waals surface area (Å²) in [5, 5.41) is 21.4. The molecule has 0 saturated heterocycles. The third kappa shape index (κ3) is 2.59. The van der Waals surface area contributed by atoms with Gasteiger partial charge >= 0.3 is 0 Å². The van der Waals surface area contributed by atoms with E-state index in [4.69, 9.17) is 14.4 Å². The van der Waals surface area contributed by atoms with Gasteiger partial charge in [0, 0.05) is 13.1 Å². The number of amidine groups is 2. The van der Waals surface area contributed by atoms with Crippen LogP contribution in [0, 0.1) is 0 Å². The minimum atomic E-state index is -0.810. The van der Waals surface area contributed by atoms with Crippen LogP contribution in [0.4, 0.5) is 22.7 Å². The molecule has 0 aliphatic carbocycles. The van der Waals surface area contributed by atoms with Gasteiger partial charge in [-0.05, 0) is 36.4 Å². The van der Waals surface area contributed by atoms with Gasteiger partial charge in [0.2, 0.25) is 11.3 Å². The van der Waals surface area contributed by atoms with Crippen molar-refractivity contribution in [3.63, 3.8) is 0 Å². The molecule has 3 aromatic rings. The first kappa shape index (κ1) is 18.4. The Morgan fingerprint density at radius 2 is 0.970 bits per heavy atom. The third-order valence-electron chi connectivity index (χ3n) is 6.55. The summed E-state index contributed by atoms with van der Waals surface area (Å²) in [6.45, 7) is 3.06. The summed E-state index contributed by atoms with van der Waals surface area (Å²) >= 11 is 0. The van der Waals surface area contributed by atoms with Crippen molar-refractivity contribution in [1.29, 1.82) is 0 Å². The number of anilines is 4. The Balaban J connectivity index is 1.34. The monoisotopic (exact) mass is 440 g/mol. The highest BCUT2D eigenvalue weighted by Gasteiger charge is 2.50. The fraction of sp³-hybridized carbons (Fsp3) is 0.250. The molecule has 33 heavy (non-hydrogen) atoms. The molecule has 9 nitrogen and oxygen atoms in total. The Hall–Kier alpha value is -4.14. The maximum atomic E-state index is 6.65. The normalized spacial score (nSPS) is 20.7. The van der Waals surface area contributed by atoms with E-state index in [1.165, 1.54) is 0 Å². The quantitative estimate of drug-likeness (QED) is 0.370. The molecule has 4 aliphatic rings. The predicted octanol–water partition coefficient (Wildman–Crippen LogP) is 2.66. The SMILES string of the molecule is c1ccc2c(c1)NC(C1=NCCN1)(c1ccc(C3(C4=NCCN4)Nc4ccccc4N3)o1)N2. The Morgan fingerprint density at radius 1 is 0.576 bits per heavy atom. The van der Waals surface area contributed by atoms with Crippen LogP contribution in [0.1, 0.15) is 11.5 Å². The van der Waals surface area contributed by atoms with E-state index in [-0.39, 0.29) is 0 Å². The van der Waals surface area contributed by atoms with Crippen molar-refractivity contribution in [1.82, 2.24) is 10.6 Å². The molecule has 0 bridgehead atoms. The van der Waals surface area contributed by atoms with Gasteiger partial charge < -0.3 is 36.3 Å². The van der Waals surface area contributed by atoms with Crippen molar-refractivity contribution < 1.29 is 4.42 Å². The minimum absolute atomic E-state index is 0.722. The van der Waals surface area contributed by atoms with Gasteiger partial charge in [-0.1, -0.05) is 24.3 Å². The summed E-state index contributed by atoms with van der Waals surface area (Å²) < 4.78 is 6.65. The van der Waals surface area contributed by atoms with E-state index in [1.807, 2.05) is 36.4 Å². The first-order chi connectivity index (χ1) is 16.3. The Labute approximate surface area is 190 Å². The van der Waals surface area contributed by atoms with Crippen LogP contribution in [0.25, 0.3) is 0 Å². The smallest absolute Gasteiger partial charge is 0.227 e. The molecule has 7 rings (SSSR count). The van der Waals surface area contributed by atoms with Gasteiger partial charge in [-0.2, -0.15) is 0 Å². The van der Waals surface area contributed by atoms with Crippen molar-refractivity contribution >= 4 is 34.4 Å². The highest BCUT2D eigenvalue weighted by Crippen LogP contribution is 2.44. The maximum absolute atomic E-state index is 6.65. The van der Waals surface area contributed by atoms with Gasteiger partial charge in [-0.25, -0.2) is 0 Å². The summed E-state index contributed by atoms with van der Waals surface area (Å²) in [5.41, 5.74) is 2.41. The third-order valence-corrected chi connectivity index (χ3v) is 6.55. The number of nitrogens with zero attached hydrogens (tertiary/aromatic N) is 2. The number of hydrogen-bond donors (Lipinski definition) is 6. The average molecular weight is 441 g/mol. The second-order valence-electron chi connectivity index (χ2n) is 8.57.